The molecular weight excluding hydrogens is 449 g/mol. The van der Waals surface area contributed by atoms with Gasteiger partial charge < -0.3 is 10.1 Å². The molecule has 0 aliphatic heterocycles. The lowest BCUT2D eigenvalue weighted by Crippen LogP contribution is -2.42. The third-order valence-electron chi connectivity index (χ3n) is 3.07. The first kappa shape index (κ1) is 19.9. The minimum atomic E-state index is -0.807. The molecule has 0 saturated carbocycles. The molecule has 1 unspecified atom stereocenters. The van der Waals surface area contributed by atoms with E-state index in [4.69, 9.17) is 40.2 Å². The summed E-state index contributed by atoms with van der Waals surface area (Å²) in [6.07, 6.45) is -0.807. The summed E-state index contributed by atoms with van der Waals surface area (Å²) in [4.78, 5) is 16.5. The monoisotopic (exact) mass is 461 g/mol. The Balaban J connectivity index is 1.93. The fourth-order valence-electron chi connectivity index (χ4n) is 1.79. The lowest BCUT2D eigenvalue weighted by molar-refractivity contribution is -0.125. The van der Waals surface area contributed by atoms with Crippen LogP contribution in [0.1, 0.15) is 12.6 Å². The highest BCUT2D eigenvalue weighted by molar-refractivity contribution is 9.10. The van der Waals surface area contributed by atoms with Crippen LogP contribution in [-0.4, -0.2) is 22.1 Å². The molecule has 1 atom stereocenters. The van der Waals surface area contributed by atoms with Gasteiger partial charge in [0.25, 0.3) is 5.91 Å². The molecule has 0 aliphatic carbocycles. The molecule has 1 aromatic heterocycles. The molecule has 2 N–H and O–H groups in total. The fraction of sp³-hybridized carbons (Fsp3) is 0.188. The Morgan fingerprint density at radius 2 is 2.04 bits per heavy atom. The normalized spacial score (nSPS) is 11.6. The largest absolute Gasteiger partial charge is 0.479 e. The van der Waals surface area contributed by atoms with Crippen LogP contribution in [0, 0.1) is 6.92 Å². The zero-order valence-electron chi connectivity index (χ0n) is 13.3. The van der Waals surface area contributed by atoms with Gasteiger partial charge in [-0.2, -0.15) is 0 Å². The molecule has 9 heteroatoms. The van der Waals surface area contributed by atoms with Crippen molar-refractivity contribution in [1.82, 2.24) is 10.3 Å². The molecule has 0 saturated heterocycles. The van der Waals surface area contributed by atoms with E-state index in [1.807, 2.05) is 13.0 Å². The van der Waals surface area contributed by atoms with E-state index in [0.717, 1.165) is 10.2 Å². The van der Waals surface area contributed by atoms with Crippen LogP contribution in [-0.2, 0) is 4.79 Å². The molecule has 0 fully saturated rings. The average Bonchev–Trinajstić information content (AvgIpc) is 2.53. The zero-order valence-corrected chi connectivity index (χ0v) is 17.2. The third-order valence-corrected chi connectivity index (χ3v) is 4.64. The van der Waals surface area contributed by atoms with E-state index in [-0.39, 0.29) is 5.11 Å². The number of hydrogen-bond acceptors (Lipinski definition) is 4. The van der Waals surface area contributed by atoms with Crippen molar-refractivity contribution in [3.8, 4) is 5.75 Å². The summed E-state index contributed by atoms with van der Waals surface area (Å²) in [7, 11) is 0. The van der Waals surface area contributed by atoms with Crippen molar-refractivity contribution in [2.75, 3.05) is 5.32 Å². The Kier molecular flexibility index (Phi) is 7.01. The van der Waals surface area contributed by atoms with Gasteiger partial charge in [0.05, 0.1) is 10.7 Å². The van der Waals surface area contributed by atoms with Crippen LogP contribution in [0.15, 0.2) is 34.8 Å². The van der Waals surface area contributed by atoms with E-state index in [9.17, 15) is 4.79 Å². The minimum absolute atomic E-state index is 0.122. The van der Waals surface area contributed by atoms with Gasteiger partial charge in [-0.05, 0) is 72.3 Å². The highest BCUT2D eigenvalue weighted by Crippen LogP contribution is 2.28. The molecule has 0 spiro atoms. The number of ether oxygens (including phenoxy) is 1. The maximum Gasteiger partial charge on any atom is 0.266 e. The van der Waals surface area contributed by atoms with Gasteiger partial charge in [-0.3, -0.25) is 10.1 Å². The number of nitrogens with one attached hydrogen (secondary N) is 2. The number of aryl methyl sites for hydroxylation is 1. The van der Waals surface area contributed by atoms with Crippen molar-refractivity contribution in [1.29, 1.82) is 0 Å². The SMILES string of the molecule is Cc1nc(NC(=S)NC(=O)C(C)Oc2ccc(Cl)cc2Cl)ccc1Br. The maximum atomic E-state index is 12.2. The first-order valence-corrected chi connectivity index (χ1v) is 9.08. The molecular formula is C16H14BrCl2N3O2S. The molecule has 0 radical (unpaired) electrons. The van der Waals surface area contributed by atoms with E-state index in [2.05, 4.69) is 31.5 Å². The van der Waals surface area contributed by atoms with Crippen LogP contribution in [0.5, 0.6) is 5.75 Å². The second-order valence-electron chi connectivity index (χ2n) is 5.04. The molecule has 0 aliphatic rings. The summed E-state index contributed by atoms with van der Waals surface area (Å²) < 4.78 is 6.42. The first-order valence-electron chi connectivity index (χ1n) is 7.13. The van der Waals surface area contributed by atoms with Gasteiger partial charge in [-0.1, -0.05) is 23.2 Å². The number of carbonyl (C=O) groups excluding carboxylic acids is 1. The van der Waals surface area contributed by atoms with Gasteiger partial charge in [0.2, 0.25) is 0 Å². The Morgan fingerprint density at radius 3 is 2.68 bits per heavy atom. The van der Waals surface area contributed by atoms with Crippen LogP contribution in [0.4, 0.5) is 5.82 Å². The highest BCUT2D eigenvalue weighted by Gasteiger charge is 2.17. The smallest absolute Gasteiger partial charge is 0.266 e. The van der Waals surface area contributed by atoms with Crippen LogP contribution < -0.4 is 15.4 Å². The summed E-state index contributed by atoms with van der Waals surface area (Å²) in [6.45, 7) is 3.44. The number of aromatic nitrogens is 1. The van der Waals surface area contributed by atoms with Crippen LogP contribution in [0.3, 0.4) is 0 Å². The summed E-state index contributed by atoms with van der Waals surface area (Å²) in [5, 5.41) is 6.32. The molecule has 0 bridgehead atoms. The summed E-state index contributed by atoms with van der Waals surface area (Å²) in [5.41, 5.74) is 0.799. The topological polar surface area (TPSA) is 63.2 Å². The number of amides is 1. The van der Waals surface area contributed by atoms with Crippen LogP contribution in [0.25, 0.3) is 0 Å². The first-order chi connectivity index (χ1) is 11.8. The maximum absolute atomic E-state index is 12.2. The van der Waals surface area contributed by atoms with E-state index in [1.54, 1.807) is 25.1 Å². The molecule has 2 aromatic rings. The van der Waals surface area contributed by atoms with Crippen molar-refractivity contribution < 1.29 is 9.53 Å². The summed E-state index contributed by atoms with van der Waals surface area (Å²) in [6, 6.07) is 8.34. The Bertz CT molecular complexity index is 820. The van der Waals surface area contributed by atoms with E-state index in [1.165, 1.54) is 6.07 Å². The fourth-order valence-corrected chi connectivity index (χ4v) is 2.67. The lowest BCUT2D eigenvalue weighted by Gasteiger charge is -2.16. The second kappa shape index (κ2) is 8.80. The molecule has 1 heterocycles. The van der Waals surface area contributed by atoms with E-state index < -0.39 is 12.0 Å². The quantitative estimate of drug-likeness (QED) is 0.642. The second-order valence-corrected chi connectivity index (χ2v) is 7.15. The van der Waals surface area contributed by atoms with Gasteiger partial charge >= 0.3 is 0 Å². The average molecular weight is 463 g/mol. The number of hydrogen-bond donors (Lipinski definition) is 2. The van der Waals surface area contributed by atoms with E-state index >= 15 is 0 Å². The molecule has 2 rings (SSSR count). The molecule has 1 amide bonds. The number of rotatable bonds is 4. The Labute approximate surface area is 169 Å². The highest BCUT2D eigenvalue weighted by atomic mass is 79.9. The zero-order chi connectivity index (χ0) is 18.6. The number of halogens is 3. The number of thiocarbonyl (C=S) groups is 1. The molecule has 25 heavy (non-hydrogen) atoms. The van der Waals surface area contributed by atoms with Crippen molar-refractivity contribution in [2.45, 2.75) is 20.0 Å². The number of benzene rings is 1. The minimum Gasteiger partial charge on any atom is -0.479 e. The van der Waals surface area contributed by atoms with Crippen LogP contribution in [0.2, 0.25) is 10.0 Å². The summed E-state index contributed by atoms with van der Waals surface area (Å²) >= 11 is 20.3. The Hall–Kier alpha value is -1.41. The summed E-state index contributed by atoms with van der Waals surface area (Å²) in [5.74, 6) is 0.468. The van der Waals surface area contributed by atoms with E-state index in [0.29, 0.717) is 21.6 Å². The predicted molar refractivity (Wildman–Crippen MR) is 108 cm³/mol. The van der Waals surface area contributed by atoms with Gasteiger partial charge in [0, 0.05) is 9.50 Å². The van der Waals surface area contributed by atoms with Gasteiger partial charge in [0.15, 0.2) is 11.2 Å². The third kappa shape index (κ3) is 5.81. The van der Waals surface area contributed by atoms with Gasteiger partial charge in [-0.15, -0.1) is 0 Å². The van der Waals surface area contributed by atoms with Gasteiger partial charge in [0.1, 0.15) is 11.6 Å². The van der Waals surface area contributed by atoms with Crippen molar-refractivity contribution in [2.24, 2.45) is 0 Å². The molecule has 132 valence electrons. The van der Waals surface area contributed by atoms with Crippen molar-refractivity contribution in [3.05, 3.63) is 50.5 Å². The molecule has 1 aromatic carbocycles. The van der Waals surface area contributed by atoms with Crippen molar-refractivity contribution in [3.63, 3.8) is 0 Å². The lowest BCUT2D eigenvalue weighted by atomic mass is 10.3. The number of nitrogens with zero attached hydrogens (tertiary/aromatic N) is 1. The standard InChI is InChI=1S/C16H14BrCl2N3O2S/c1-8-11(17)4-6-14(20-8)21-16(25)22-15(23)9(2)24-13-5-3-10(18)7-12(13)19/h3-7,9H,1-2H3,(H2,20,21,22,23,25). The van der Waals surface area contributed by atoms with Crippen molar-refractivity contribution >= 4 is 68.2 Å². The Morgan fingerprint density at radius 1 is 1.32 bits per heavy atom. The number of carbonyl (C=O) groups is 1. The van der Waals surface area contributed by atoms with Crippen LogP contribution >= 0.6 is 51.3 Å². The number of anilines is 1. The number of pyridine rings is 1. The predicted octanol–water partition coefficient (Wildman–Crippen LogP) is 4.74. The van der Waals surface area contributed by atoms with Gasteiger partial charge in [-0.25, -0.2) is 4.98 Å². The molecule has 5 nitrogen and oxygen atoms in total.